The van der Waals surface area contributed by atoms with Crippen LogP contribution in [0.5, 0.6) is 0 Å². The molecule has 1 rings (SSSR count). The van der Waals surface area contributed by atoms with Gasteiger partial charge in [-0.1, -0.05) is 103 Å². The number of phosphoric ester groups is 1. The van der Waals surface area contributed by atoms with E-state index < -0.39 is 7.82 Å². The van der Waals surface area contributed by atoms with Crippen molar-refractivity contribution in [2.45, 2.75) is 123 Å². The molecule has 1 heterocycles. The van der Waals surface area contributed by atoms with E-state index in [1.165, 1.54) is 77.0 Å². The summed E-state index contributed by atoms with van der Waals surface area (Å²) in [5, 5.41) is 0. The van der Waals surface area contributed by atoms with Crippen molar-refractivity contribution in [1.29, 1.82) is 0 Å². The molecule has 6 nitrogen and oxygen atoms in total. The number of rotatable bonds is 22. The van der Waals surface area contributed by atoms with E-state index in [2.05, 4.69) is 11.6 Å². The molecular weight excluding hydrogens is 425 g/mol. The Morgan fingerprint density at radius 1 is 0.812 bits per heavy atom. The van der Waals surface area contributed by atoms with Crippen LogP contribution in [0.15, 0.2) is 30.6 Å². The highest BCUT2D eigenvalue weighted by atomic mass is 31.2. The molecule has 2 unspecified atom stereocenters. The molecule has 0 N–H and O–H groups in total. The van der Waals surface area contributed by atoms with E-state index in [9.17, 15) is 9.46 Å². The van der Waals surface area contributed by atoms with Gasteiger partial charge in [0.1, 0.15) is 6.61 Å². The lowest BCUT2D eigenvalue weighted by molar-refractivity contribution is -0.697. The zero-order chi connectivity index (χ0) is 23.3. The van der Waals surface area contributed by atoms with Gasteiger partial charge in [0, 0.05) is 12.1 Å². The van der Waals surface area contributed by atoms with Crippen LogP contribution in [0.2, 0.25) is 0 Å². The van der Waals surface area contributed by atoms with E-state index in [0.29, 0.717) is 6.54 Å². The number of aromatic nitrogens is 1. The summed E-state index contributed by atoms with van der Waals surface area (Å²) < 4.78 is 23.0. The topological polar surface area (TPSA) is 71.7 Å². The number of pyridine rings is 1. The second kappa shape index (κ2) is 19.7. The molecule has 32 heavy (non-hydrogen) atoms. The standard InChI is InChI=1S/C25H46NO5P/c1-3-4-5-6-7-8-9-10-11-12-13-14-15-17-20-25(2)30-31-32(27,28)29-24-23-26-21-18-16-19-22-26/h16,18-19,21-22,25H,3-15,17,20,23-24H2,1-2H3. The number of nitrogens with zero attached hydrogens (tertiary/aromatic N) is 1. The van der Waals surface area contributed by atoms with Crippen LogP contribution in [0, 0.1) is 0 Å². The van der Waals surface area contributed by atoms with Crippen LogP contribution < -0.4 is 9.46 Å². The molecule has 2 atom stereocenters. The van der Waals surface area contributed by atoms with Crippen molar-refractivity contribution in [2.24, 2.45) is 0 Å². The van der Waals surface area contributed by atoms with Crippen LogP contribution in [0.1, 0.15) is 110 Å². The average molecular weight is 472 g/mol. The molecule has 0 aliphatic carbocycles. The number of hydrogen-bond acceptors (Lipinski definition) is 5. The van der Waals surface area contributed by atoms with Gasteiger partial charge < -0.3 is 9.42 Å². The van der Waals surface area contributed by atoms with Gasteiger partial charge in [-0.2, -0.15) is 4.67 Å². The Labute approximate surface area is 196 Å². The molecule has 0 amide bonds. The predicted octanol–water partition coefficient (Wildman–Crippen LogP) is 6.67. The lowest BCUT2D eigenvalue weighted by Gasteiger charge is -2.22. The summed E-state index contributed by atoms with van der Waals surface area (Å²) in [5.74, 6) is 0. The van der Waals surface area contributed by atoms with Crippen molar-refractivity contribution in [3.8, 4) is 0 Å². The Bertz CT molecular complexity index is 587. The van der Waals surface area contributed by atoms with Crippen LogP contribution in [0.25, 0.3) is 0 Å². The third-order valence-corrected chi connectivity index (χ3v) is 6.41. The van der Waals surface area contributed by atoms with Gasteiger partial charge in [0.05, 0.1) is 6.10 Å². The van der Waals surface area contributed by atoms with Crippen molar-refractivity contribution >= 4 is 7.82 Å². The van der Waals surface area contributed by atoms with Gasteiger partial charge in [-0.05, 0) is 13.3 Å². The van der Waals surface area contributed by atoms with Crippen LogP contribution in [-0.2, 0) is 25.2 Å². The molecule has 1 aromatic rings. The highest BCUT2D eigenvalue weighted by Gasteiger charge is 2.14. The Morgan fingerprint density at radius 2 is 1.31 bits per heavy atom. The maximum atomic E-state index is 11.8. The molecular formula is C25H46NO5P. The quantitative estimate of drug-likeness (QED) is 0.0621. The summed E-state index contributed by atoms with van der Waals surface area (Å²) in [5.41, 5.74) is 0. The Balaban J connectivity index is 1.89. The molecule has 7 heteroatoms. The smallest absolute Gasteiger partial charge is 0.298 e. The second-order valence-electron chi connectivity index (χ2n) is 8.76. The maximum absolute atomic E-state index is 11.8. The summed E-state index contributed by atoms with van der Waals surface area (Å²) in [7, 11) is -4.44. The summed E-state index contributed by atoms with van der Waals surface area (Å²) in [6.45, 7) is 4.51. The molecule has 0 fully saturated rings. The zero-order valence-electron chi connectivity index (χ0n) is 20.4. The zero-order valence-corrected chi connectivity index (χ0v) is 21.3. The van der Waals surface area contributed by atoms with Crippen LogP contribution in [-0.4, -0.2) is 12.7 Å². The van der Waals surface area contributed by atoms with Gasteiger partial charge >= 0.3 is 0 Å². The normalized spacial score (nSPS) is 14.3. The van der Waals surface area contributed by atoms with Crippen molar-refractivity contribution in [3.05, 3.63) is 30.6 Å². The highest BCUT2D eigenvalue weighted by molar-refractivity contribution is 7.45. The first-order valence-electron chi connectivity index (χ1n) is 12.8. The van der Waals surface area contributed by atoms with Gasteiger partial charge in [0.25, 0.3) is 7.82 Å². The minimum Gasteiger partial charge on any atom is -0.754 e. The van der Waals surface area contributed by atoms with Crippen molar-refractivity contribution in [2.75, 3.05) is 6.61 Å². The fourth-order valence-electron chi connectivity index (χ4n) is 3.66. The molecule has 0 aromatic carbocycles. The molecule has 0 saturated carbocycles. The summed E-state index contributed by atoms with van der Waals surface area (Å²) in [6.07, 6.45) is 22.6. The largest absolute Gasteiger partial charge is 0.754 e. The van der Waals surface area contributed by atoms with Gasteiger partial charge in [0.2, 0.25) is 0 Å². The monoisotopic (exact) mass is 471 g/mol. The van der Waals surface area contributed by atoms with E-state index in [1.54, 1.807) is 0 Å². The fourth-order valence-corrected chi connectivity index (χ4v) is 4.26. The van der Waals surface area contributed by atoms with Crippen molar-refractivity contribution < 1.29 is 28.1 Å². The summed E-state index contributed by atoms with van der Waals surface area (Å²) >= 11 is 0. The van der Waals surface area contributed by atoms with Crippen molar-refractivity contribution in [1.82, 2.24) is 0 Å². The van der Waals surface area contributed by atoms with E-state index in [0.717, 1.165) is 19.3 Å². The Kier molecular flexibility index (Phi) is 18.0. The van der Waals surface area contributed by atoms with E-state index >= 15 is 0 Å². The number of unbranched alkanes of at least 4 members (excludes halogenated alkanes) is 13. The molecule has 0 aliphatic heterocycles. The Morgan fingerprint density at radius 3 is 1.84 bits per heavy atom. The lowest BCUT2D eigenvalue weighted by atomic mass is 10.0. The number of phosphoric acid groups is 1. The highest BCUT2D eigenvalue weighted by Crippen LogP contribution is 2.38. The molecule has 0 radical (unpaired) electrons. The van der Waals surface area contributed by atoms with E-state index in [1.807, 2.05) is 42.1 Å². The van der Waals surface area contributed by atoms with Crippen LogP contribution >= 0.6 is 7.82 Å². The van der Waals surface area contributed by atoms with Gasteiger partial charge in [-0.25, -0.2) is 9.45 Å². The molecule has 186 valence electrons. The van der Waals surface area contributed by atoms with Gasteiger partial charge in [0.15, 0.2) is 18.9 Å². The van der Waals surface area contributed by atoms with Gasteiger partial charge in [-0.3, -0.25) is 4.57 Å². The van der Waals surface area contributed by atoms with E-state index in [-0.39, 0.29) is 12.7 Å². The van der Waals surface area contributed by atoms with E-state index in [4.69, 9.17) is 9.41 Å². The summed E-state index contributed by atoms with van der Waals surface area (Å²) in [6, 6.07) is 5.64. The fraction of sp³-hybridized carbons (Fsp3) is 0.800. The molecule has 0 aliphatic rings. The molecule has 0 spiro atoms. The first-order valence-corrected chi connectivity index (χ1v) is 14.2. The van der Waals surface area contributed by atoms with Crippen molar-refractivity contribution in [3.63, 3.8) is 0 Å². The third-order valence-electron chi connectivity index (χ3n) is 5.64. The average Bonchev–Trinajstić information content (AvgIpc) is 2.78. The molecule has 0 saturated heterocycles. The lowest BCUT2D eigenvalue weighted by Crippen LogP contribution is -2.34. The number of hydrogen-bond donors (Lipinski definition) is 0. The van der Waals surface area contributed by atoms with Crippen LogP contribution in [0.4, 0.5) is 0 Å². The summed E-state index contributed by atoms with van der Waals surface area (Å²) in [4.78, 5) is 16.8. The predicted molar refractivity (Wildman–Crippen MR) is 127 cm³/mol. The minimum atomic E-state index is -4.44. The SMILES string of the molecule is CCCCCCCCCCCCCCCCC(C)OOP(=O)([O-])OCC[n+]1ccccc1. The second-order valence-corrected chi connectivity index (χ2v) is 10.1. The molecule has 1 aromatic heterocycles. The van der Waals surface area contributed by atoms with Gasteiger partial charge in [-0.15, -0.1) is 0 Å². The minimum absolute atomic E-state index is 0.00611. The maximum Gasteiger partial charge on any atom is 0.298 e. The Hall–Kier alpha value is -0.780. The first-order chi connectivity index (χ1) is 15.5. The van der Waals surface area contributed by atoms with Crippen LogP contribution in [0.3, 0.4) is 0 Å². The first kappa shape index (κ1) is 29.3. The molecule has 0 bridgehead atoms. The third kappa shape index (κ3) is 17.7.